The number of likely N-dealkylation sites (tertiary alicyclic amines) is 1. The number of aliphatic carboxylic acids is 2. The van der Waals surface area contributed by atoms with Gasteiger partial charge in [-0.15, -0.1) is 0 Å². The SMILES string of the molecule is CC(=O)O.CNCC(=O)N[C@@H](CCCNC(=N)N)C(=O)N[C@H](C(=O)N[C@@H](Cc1ccc(O)cc1)C(=O)N[C@H](C(=O)N[C@@H](Cc1c[nH]cn1)C(=O)N1CCC[C@H]1C(=O)N[C@@H](C)C(=O)O)C(C)C)C(C)C.O. The standard InChI is InChI=1S/C42H65N13O10.C2H4O2.H2O/c1-22(2)33(53-35(58)28(50-32(57)20-45-6)9-7-15-47-42(43)44)38(61)51-29(17-25-11-13-27(56)14-12-25)36(59)54-34(23(3)4)39(62)52-30(18-26-19-46-21-48-26)40(63)55-16-8-10-31(55)37(60)49-24(5)41(64)65;1-2(3)4;/h11-14,19,21-24,28-31,33-34,45,56H,7-10,15-18,20H2,1-6H3,(H,46,48)(H,49,60)(H,50,57)(H,51,61)(H,52,62)(H,53,58)(H,54,59)(H,64,65)(H4,43,44,47);1H3,(H,3,4);1H2/t24-,28-,29-,30-,31-,33-,34-;;/m0../s1. The van der Waals surface area contributed by atoms with Gasteiger partial charge in [0, 0.05) is 39.1 Å². The second-order valence-corrected chi connectivity index (χ2v) is 17.1. The Balaban J connectivity index is 0.00000471. The molecule has 26 nitrogen and oxygen atoms in total. The molecule has 1 saturated heterocycles. The molecule has 0 unspecified atom stereocenters. The minimum absolute atomic E-state index is 0. The summed E-state index contributed by atoms with van der Waals surface area (Å²) in [6.45, 7) is 9.40. The molecule has 390 valence electrons. The number of hydrogen-bond acceptors (Lipinski definition) is 13. The predicted molar refractivity (Wildman–Crippen MR) is 253 cm³/mol. The average molecular weight is 990 g/mol. The molecule has 1 aromatic carbocycles. The van der Waals surface area contributed by atoms with Crippen molar-refractivity contribution in [1.29, 1.82) is 5.41 Å². The van der Waals surface area contributed by atoms with Crippen molar-refractivity contribution in [2.45, 2.75) is 122 Å². The smallest absolute Gasteiger partial charge is 0.325 e. The van der Waals surface area contributed by atoms with E-state index in [1.165, 1.54) is 36.5 Å². The van der Waals surface area contributed by atoms with Crippen LogP contribution < -0.4 is 48.3 Å². The van der Waals surface area contributed by atoms with Gasteiger partial charge in [-0.2, -0.15) is 0 Å². The average Bonchev–Trinajstić information content (AvgIpc) is 3.98. The minimum Gasteiger partial charge on any atom is -0.508 e. The number of carbonyl (C=O) groups is 9. The second-order valence-electron chi connectivity index (χ2n) is 17.1. The summed E-state index contributed by atoms with van der Waals surface area (Å²) in [5, 5.41) is 55.4. The second kappa shape index (κ2) is 30.2. The largest absolute Gasteiger partial charge is 0.508 e. The number of likely N-dealkylation sites (N-methyl/N-ethyl adjacent to an activating group) is 1. The number of carboxylic acid groups (broad SMARTS) is 2. The lowest BCUT2D eigenvalue weighted by molar-refractivity contribution is -0.144. The van der Waals surface area contributed by atoms with Crippen molar-refractivity contribution in [1.82, 2.24) is 57.4 Å². The summed E-state index contributed by atoms with van der Waals surface area (Å²) in [5.41, 5.74) is 6.30. The number of aromatic nitrogens is 2. The third kappa shape index (κ3) is 20.9. The van der Waals surface area contributed by atoms with E-state index in [4.69, 9.17) is 21.0 Å². The molecule has 2 aromatic rings. The molecule has 1 aliphatic rings. The number of rotatable bonds is 25. The highest BCUT2D eigenvalue weighted by atomic mass is 16.4. The number of aromatic hydroxyl groups is 1. The predicted octanol–water partition coefficient (Wildman–Crippen LogP) is -3.03. The molecule has 70 heavy (non-hydrogen) atoms. The number of carbonyl (C=O) groups excluding carboxylic acids is 7. The van der Waals surface area contributed by atoms with E-state index in [-0.39, 0.29) is 62.5 Å². The zero-order valence-electron chi connectivity index (χ0n) is 40.5. The van der Waals surface area contributed by atoms with Crippen molar-refractivity contribution in [3.05, 3.63) is 48.0 Å². The fourth-order valence-electron chi connectivity index (χ4n) is 7.07. The first-order valence-electron chi connectivity index (χ1n) is 22.5. The lowest BCUT2D eigenvalue weighted by Gasteiger charge is -2.31. The number of aromatic amines is 1. The first-order chi connectivity index (χ1) is 32.4. The van der Waals surface area contributed by atoms with E-state index in [1.54, 1.807) is 46.9 Å². The van der Waals surface area contributed by atoms with Crippen LogP contribution in [0, 0.1) is 17.2 Å². The van der Waals surface area contributed by atoms with E-state index in [0.29, 0.717) is 24.1 Å². The molecule has 7 amide bonds. The summed E-state index contributed by atoms with van der Waals surface area (Å²) >= 11 is 0. The van der Waals surface area contributed by atoms with Gasteiger partial charge in [0.2, 0.25) is 41.4 Å². The Hall–Kier alpha value is -7.35. The highest BCUT2D eigenvalue weighted by Crippen LogP contribution is 2.20. The van der Waals surface area contributed by atoms with Gasteiger partial charge in [-0.25, -0.2) is 4.98 Å². The third-order valence-corrected chi connectivity index (χ3v) is 10.6. The van der Waals surface area contributed by atoms with Crippen LogP contribution in [0.4, 0.5) is 0 Å². The zero-order chi connectivity index (χ0) is 52.0. The van der Waals surface area contributed by atoms with Gasteiger partial charge in [0.05, 0.1) is 18.6 Å². The third-order valence-electron chi connectivity index (χ3n) is 10.6. The summed E-state index contributed by atoms with van der Waals surface area (Å²) in [5.74, 6) is -8.19. The van der Waals surface area contributed by atoms with Crippen LogP contribution in [0.3, 0.4) is 0 Å². The molecule has 0 spiro atoms. The van der Waals surface area contributed by atoms with Gasteiger partial charge in [0.1, 0.15) is 48.0 Å². The van der Waals surface area contributed by atoms with Gasteiger partial charge in [0.25, 0.3) is 5.97 Å². The number of imidazole rings is 1. The van der Waals surface area contributed by atoms with Gasteiger partial charge in [-0.3, -0.25) is 48.6 Å². The minimum atomic E-state index is -1.35. The van der Waals surface area contributed by atoms with E-state index in [0.717, 1.165) is 6.92 Å². The molecule has 1 fully saturated rings. The quantitative estimate of drug-likeness (QED) is 0.0267. The molecule has 7 atom stereocenters. The normalized spacial score (nSPS) is 15.4. The Morgan fingerprint density at radius 2 is 1.37 bits per heavy atom. The monoisotopic (exact) mass is 990 g/mol. The van der Waals surface area contributed by atoms with Crippen LogP contribution in [0.25, 0.3) is 0 Å². The molecule has 1 aliphatic heterocycles. The van der Waals surface area contributed by atoms with Crippen LogP contribution in [0.5, 0.6) is 5.75 Å². The molecule has 0 bridgehead atoms. The van der Waals surface area contributed by atoms with Crippen molar-refractivity contribution in [3.8, 4) is 5.75 Å². The Kier molecular flexibility index (Phi) is 26.2. The summed E-state index contributed by atoms with van der Waals surface area (Å²) in [4.78, 5) is 125. The van der Waals surface area contributed by atoms with Gasteiger partial charge in [-0.05, 0) is 69.2 Å². The van der Waals surface area contributed by atoms with Gasteiger partial charge >= 0.3 is 5.97 Å². The van der Waals surface area contributed by atoms with Gasteiger partial charge in [-0.1, -0.05) is 39.8 Å². The van der Waals surface area contributed by atoms with Crippen molar-refractivity contribution < 1.29 is 63.9 Å². The highest BCUT2D eigenvalue weighted by molar-refractivity contribution is 5.98. The molecule has 1 aromatic heterocycles. The number of nitrogens with one attached hydrogen (secondary N) is 10. The lowest BCUT2D eigenvalue weighted by Crippen LogP contribution is -2.61. The topological polar surface area (TPSA) is 424 Å². The number of H-pyrrole nitrogens is 1. The fourth-order valence-corrected chi connectivity index (χ4v) is 7.07. The van der Waals surface area contributed by atoms with E-state index in [1.807, 2.05) is 0 Å². The maximum Gasteiger partial charge on any atom is 0.325 e. The van der Waals surface area contributed by atoms with Crippen LogP contribution in [0.2, 0.25) is 0 Å². The number of nitrogens with two attached hydrogens (primary N) is 1. The van der Waals surface area contributed by atoms with Crippen LogP contribution in [0.1, 0.15) is 78.5 Å². The van der Waals surface area contributed by atoms with E-state index in [9.17, 15) is 48.6 Å². The van der Waals surface area contributed by atoms with Crippen molar-refractivity contribution in [2.24, 2.45) is 17.6 Å². The van der Waals surface area contributed by atoms with Crippen LogP contribution >= 0.6 is 0 Å². The number of guanidine groups is 1. The Bertz CT molecular complexity index is 2070. The Morgan fingerprint density at radius 1 is 0.814 bits per heavy atom. The molecule has 0 radical (unpaired) electrons. The van der Waals surface area contributed by atoms with Crippen LogP contribution in [0.15, 0.2) is 36.8 Å². The van der Waals surface area contributed by atoms with Crippen LogP contribution in [-0.4, -0.2) is 164 Å². The fraction of sp³-hybridized carbons (Fsp3) is 0.568. The van der Waals surface area contributed by atoms with Crippen LogP contribution in [-0.2, 0) is 56.0 Å². The van der Waals surface area contributed by atoms with Gasteiger partial charge in [0.15, 0.2) is 5.96 Å². The van der Waals surface area contributed by atoms with Gasteiger partial charge < -0.3 is 78.9 Å². The maximum absolute atomic E-state index is 14.3. The molecule has 2 heterocycles. The summed E-state index contributed by atoms with van der Waals surface area (Å²) in [6, 6.07) is -2.47. The Morgan fingerprint density at radius 3 is 1.87 bits per heavy atom. The molecule has 0 aliphatic carbocycles. The first-order valence-corrected chi connectivity index (χ1v) is 22.5. The van der Waals surface area contributed by atoms with Crippen molar-refractivity contribution >= 4 is 59.2 Å². The number of amides is 7. The van der Waals surface area contributed by atoms with E-state index < -0.39 is 107 Å². The highest BCUT2D eigenvalue weighted by Gasteiger charge is 2.40. The summed E-state index contributed by atoms with van der Waals surface area (Å²) < 4.78 is 0. The maximum atomic E-state index is 14.3. The van der Waals surface area contributed by atoms with E-state index >= 15 is 0 Å². The lowest BCUT2D eigenvalue weighted by atomic mass is 9.98. The van der Waals surface area contributed by atoms with Crippen molar-refractivity contribution in [3.63, 3.8) is 0 Å². The zero-order valence-corrected chi connectivity index (χ0v) is 40.5. The molecule has 26 heteroatoms. The number of carboxylic acids is 2. The summed E-state index contributed by atoms with van der Waals surface area (Å²) in [6.07, 6.45) is 3.89. The molecular formula is C44H71N13O13. The Labute approximate surface area is 405 Å². The first kappa shape index (κ1) is 60.7. The number of phenols is 1. The molecule has 3 rings (SSSR count). The molecule has 0 saturated carbocycles. The van der Waals surface area contributed by atoms with Crippen molar-refractivity contribution in [2.75, 3.05) is 26.7 Å². The number of nitrogens with zero attached hydrogens (tertiary/aromatic N) is 2. The number of phenolic OH excluding ortho intramolecular Hbond substituents is 1. The number of benzene rings is 1. The summed E-state index contributed by atoms with van der Waals surface area (Å²) in [7, 11) is 1.56. The van der Waals surface area contributed by atoms with E-state index in [2.05, 4.69) is 52.5 Å². The number of hydrogen-bond donors (Lipinski definition) is 14. The molecule has 17 N–H and O–H groups in total. The molecular weight excluding hydrogens is 919 g/mol.